The van der Waals surface area contributed by atoms with E-state index in [1.54, 1.807) is 24.3 Å². The van der Waals surface area contributed by atoms with E-state index < -0.39 is 5.82 Å². The number of hydrogen-bond acceptors (Lipinski definition) is 5. The number of ether oxygens (including phenoxy) is 2. The third-order valence-electron chi connectivity index (χ3n) is 4.85. The van der Waals surface area contributed by atoms with Gasteiger partial charge in [0.15, 0.2) is 11.3 Å². The Morgan fingerprint density at radius 1 is 1.33 bits per heavy atom. The topological polar surface area (TPSA) is 73.1 Å². The van der Waals surface area contributed by atoms with E-state index in [4.69, 9.17) is 25.5 Å². The molecule has 0 unspecified atom stereocenters. The van der Waals surface area contributed by atoms with Crippen LogP contribution in [0.3, 0.4) is 0 Å². The molecule has 2 aromatic carbocycles. The van der Waals surface area contributed by atoms with Gasteiger partial charge in [-0.2, -0.15) is 0 Å². The van der Waals surface area contributed by atoms with Crippen molar-refractivity contribution in [3.8, 4) is 5.75 Å². The Kier molecular flexibility index (Phi) is 6.01. The van der Waals surface area contributed by atoms with E-state index >= 15 is 0 Å². The minimum absolute atomic E-state index is 0.0165. The van der Waals surface area contributed by atoms with Crippen LogP contribution in [0, 0.1) is 5.82 Å². The number of amides is 1. The number of rotatable bonds is 5. The number of nitrogens with one attached hydrogen (secondary N) is 1. The third-order valence-corrected chi connectivity index (χ3v) is 5.08. The van der Waals surface area contributed by atoms with Gasteiger partial charge in [0, 0.05) is 23.6 Å². The Balaban J connectivity index is 1.82. The van der Waals surface area contributed by atoms with Gasteiger partial charge in [-0.15, -0.1) is 0 Å². The number of fused-ring (bicyclic) bond motifs is 1. The van der Waals surface area contributed by atoms with Crippen LogP contribution in [-0.4, -0.2) is 32.3 Å². The van der Waals surface area contributed by atoms with Crippen molar-refractivity contribution >= 4 is 34.2 Å². The highest BCUT2D eigenvalue weighted by molar-refractivity contribution is 6.30. The summed E-state index contributed by atoms with van der Waals surface area (Å²) >= 11 is 5.98. The average Bonchev–Trinajstić information content (AvgIpc) is 3.27. The fourth-order valence-electron chi connectivity index (χ4n) is 3.32. The molecule has 0 bridgehead atoms. The molecular weight excluding hydrogens is 411 g/mol. The Hall–Kier alpha value is -2.90. The minimum atomic E-state index is -0.583. The molecule has 2 heterocycles. The summed E-state index contributed by atoms with van der Waals surface area (Å²) in [7, 11) is 1.51. The van der Waals surface area contributed by atoms with Crippen LogP contribution in [0.15, 0.2) is 51.9 Å². The minimum Gasteiger partial charge on any atom is -0.493 e. The number of halogens is 2. The second-order valence-corrected chi connectivity index (χ2v) is 7.33. The van der Waals surface area contributed by atoms with E-state index in [-0.39, 0.29) is 28.8 Å². The zero-order valence-corrected chi connectivity index (χ0v) is 17.0. The van der Waals surface area contributed by atoms with Crippen LogP contribution in [0.4, 0.5) is 10.1 Å². The van der Waals surface area contributed by atoms with Crippen molar-refractivity contribution in [1.29, 1.82) is 0 Å². The summed E-state index contributed by atoms with van der Waals surface area (Å²) in [6, 6.07) is 11.0. The average molecular weight is 431 g/mol. The lowest BCUT2D eigenvalue weighted by Gasteiger charge is -2.12. The van der Waals surface area contributed by atoms with E-state index in [1.165, 1.54) is 25.3 Å². The maximum atomic E-state index is 14.3. The fourth-order valence-corrected chi connectivity index (χ4v) is 3.49. The van der Waals surface area contributed by atoms with Crippen LogP contribution < -0.4 is 15.6 Å². The number of carbonyl (C=O) groups excluding carboxylic acids is 1. The van der Waals surface area contributed by atoms with Crippen molar-refractivity contribution in [2.45, 2.75) is 18.9 Å². The summed E-state index contributed by atoms with van der Waals surface area (Å²) in [6.45, 7) is 1.07. The smallest absolute Gasteiger partial charge is 0.256 e. The highest BCUT2D eigenvalue weighted by Gasteiger charge is 2.19. The first-order chi connectivity index (χ1) is 14.5. The van der Waals surface area contributed by atoms with Crippen molar-refractivity contribution in [1.82, 2.24) is 5.32 Å². The highest BCUT2D eigenvalue weighted by Crippen LogP contribution is 2.26. The molecule has 1 aliphatic heterocycles. The first-order valence-corrected chi connectivity index (χ1v) is 9.93. The highest BCUT2D eigenvalue weighted by atomic mass is 35.5. The van der Waals surface area contributed by atoms with Crippen LogP contribution in [0.25, 0.3) is 11.0 Å². The molecular formula is C22H20ClFN2O4. The Labute approximate surface area is 177 Å². The van der Waals surface area contributed by atoms with Gasteiger partial charge in [-0.25, -0.2) is 9.38 Å². The van der Waals surface area contributed by atoms with E-state index in [0.717, 1.165) is 12.8 Å². The van der Waals surface area contributed by atoms with Gasteiger partial charge in [0.05, 0.1) is 13.2 Å². The van der Waals surface area contributed by atoms with Crippen molar-refractivity contribution < 1.29 is 23.1 Å². The SMILES string of the molecule is COc1cccc2cc(C(=O)NC[C@H]3CCCO3)c(=Nc3cc(Cl)ccc3F)oc12. The van der Waals surface area contributed by atoms with Gasteiger partial charge in [-0.1, -0.05) is 23.7 Å². The first-order valence-electron chi connectivity index (χ1n) is 9.55. The molecule has 1 fully saturated rings. The van der Waals surface area contributed by atoms with Crippen LogP contribution in [0.2, 0.25) is 5.02 Å². The summed E-state index contributed by atoms with van der Waals surface area (Å²) in [5.74, 6) is -0.498. The molecule has 1 aromatic heterocycles. The van der Waals surface area contributed by atoms with Crippen molar-refractivity contribution in [3.05, 3.63) is 64.4 Å². The molecule has 6 nitrogen and oxygen atoms in total. The summed E-state index contributed by atoms with van der Waals surface area (Å²) in [4.78, 5) is 17.2. The summed E-state index contributed by atoms with van der Waals surface area (Å²) in [5, 5.41) is 3.82. The predicted octanol–water partition coefficient (Wildman–Crippen LogP) is 4.38. The molecule has 1 amide bonds. The number of nitrogens with zero attached hydrogens (tertiary/aromatic N) is 1. The quantitative estimate of drug-likeness (QED) is 0.652. The largest absolute Gasteiger partial charge is 0.493 e. The molecule has 0 radical (unpaired) electrons. The maximum absolute atomic E-state index is 14.3. The molecule has 156 valence electrons. The Morgan fingerprint density at radius 2 is 2.20 bits per heavy atom. The molecule has 1 aliphatic rings. The van der Waals surface area contributed by atoms with Crippen molar-refractivity contribution in [3.63, 3.8) is 0 Å². The summed E-state index contributed by atoms with van der Waals surface area (Å²) in [5.41, 5.74) is 0.497. The van der Waals surface area contributed by atoms with Gasteiger partial charge in [-0.05, 0) is 43.2 Å². The van der Waals surface area contributed by atoms with Gasteiger partial charge in [0.1, 0.15) is 17.1 Å². The lowest BCUT2D eigenvalue weighted by atomic mass is 10.1. The molecule has 4 rings (SSSR count). The van der Waals surface area contributed by atoms with Crippen LogP contribution >= 0.6 is 11.6 Å². The number of carbonyl (C=O) groups is 1. The molecule has 1 atom stereocenters. The van der Waals surface area contributed by atoms with Crippen LogP contribution in [-0.2, 0) is 4.74 Å². The monoisotopic (exact) mass is 430 g/mol. The molecule has 1 saturated heterocycles. The normalized spacial score (nSPS) is 16.8. The molecule has 3 aromatic rings. The van der Waals surface area contributed by atoms with E-state index in [1.807, 2.05) is 0 Å². The van der Waals surface area contributed by atoms with Gasteiger partial charge in [0.25, 0.3) is 5.91 Å². The van der Waals surface area contributed by atoms with Crippen LogP contribution in [0.5, 0.6) is 5.75 Å². The van der Waals surface area contributed by atoms with Gasteiger partial charge >= 0.3 is 0 Å². The molecule has 0 spiro atoms. The fraction of sp³-hybridized carbons (Fsp3) is 0.273. The number of benzene rings is 2. The molecule has 1 N–H and O–H groups in total. The number of methoxy groups -OCH3 is 1. The van der Waals surface area contributed by atoms with E-state index in [9.17, 15) is 9.18 Å². The van der Waals surface area contributed by atoms with E-state index in [2.05, 4.69) is 10.3 Å². The maximum Gasteiger partial charge on any atom is 0.256 e. The third kappa shape index (κ3) is 4.32. The van der Waals surface area contributed by atoms with Gasteiger partial charge in [-0.3, -0.25) is 4.79 Å². The van der Waals surface area contributed by atoms with Gasteiger partial charge < -0.3 is 19.2 Å². The van der Waals surface area contributed by atoms with Crippen LogP contribution in [0.1, 0.15) is 23.2 Å². The first kappa shape index (κ1) is 20.4. The molecule has 30 heavy (non-hydrogen) atoms. The lowest BCUT2D eigenvalue weighted by Crippen LogP contribution is -2.34. The molecule has 0 saturated carbocycles. The Bertz CT molecular complexity index is 1160. The zero-order chi connectivity index (χ0) is 21.1. The van der Waals surface area contributed by atoms with Crippen molar-refractivity contribution in [2.24, 2.45) is 4.99 Å². The second kappa shape index (κ2) is 8.85. The molecule has 8 heteroatoms. The van der Waals surface area contributed by atoms with Gasteiger partial charge in [0.2, 0.25) is 5.55 Å². The standard InChI is InChI=1S/C22H20ClFN2O4/c1-28-19-6-2-4-13-10-16(21(27)25-12-15-5-3-9-29-15)22(30-20(13)19)26-18-11-14(23)7-8-17(18)24/h2,4,6-8,10-11,15H,3,5,9,12H2,1H3,(H,25,27)/t15-/m1/s1. The number of para-hydroxylation sites is 1. The number of hydrogen-bond donors (Lipinski definition) is 1. The zero-order valence-electron chi connectivity index (χ0n) is 16.3. The second-order valence-electron chi connectivity index (χ2n) is 6.90. The summed E-state index contributed by atoms with van der Waals surface area (Å²) < 4.78 is 31.1. The van der Waals surface area contributed by atoms with E-state index in [0.29, 0.717) is 34.9 Å². The Morgan fingerprint density at radius 3 is 2.97 bits per heavy atom. The summed E-state index contributed by atoms with van der Waals surface area (Å²) in [6.07, 6.45) is 1.85. The van der Waals surface area contributed by atoms with Crippen molar-refractivity contribution in [2.75, 3.05) is 20.3 Å². The predicted molar refractivity (Wildman–Crippen MR) is 111 cm³/mol. The molecule has 0 aliphatic carbocycles. The lowest BCUT2D eigenvalue weighted by molar-refractivity contribution is 0.0854.